The van der Waals surface area contributed by atoms with Crippen molar-refractivity contribution in [2.75, 3.05) is 0 Å². The molecule has 76 valence electrons. The highest BCUT2D eigenvalue weighted by molar-refractivity contribution is 7.17. The van der Waals surface area contributed by atoms with Crippen LogP contribution in [-0.2, 0) is 0 Å². The summed E-state index contributed by atoms with van der Waals surface area (Å²) in [6.45, 7) is 8.75. The first kappa shape index (κ1) is 11.2. The van der Waals surface area contributed by atoms with Gasteiger partial charge in [0.15, 0.2) is 0 Å². The average Bonchev–Trinajstić information content (AvgIpc) is 2.47. The third-order valence-electron chi connectivity index (χ3n) is 1.26. The van der Waals surface area contributed by atoms with Gasteiger partial charge in [0.2, 0.25) is 0 Å². The van der Waals surface area contributed by atoms with E-state index in [0.29, 0.717) is 5.41 Å². The first-order chi connectivity index (χ1) is 6.47. The molecule has 1 nitrogen and oxygen atoms in total. The van der Waals surface area contributed by atoms with E-state index in [2.05, 4.69) is 44.1 Å². The van der Waals surface area contributed by atoms with Crippen LogP contribution in [-0.4, -0.2) is 4.98 Å². The number of hydrogen-bond donors (Lipinski definition) is 0. The second kappa shape index (κ2) is 4.56. The molecule has 0 aliphatic carbocycles. The van der Waals surface area contributed by atoms with Crippen LogP contribution in [0.3, 0.4) is 0 Å². The van der Waals surface area contributed by atoms with Crippen LogP contribution in [0.15, 0.2) is 29.9 Å². The van der Waals surface area contributed by atoms with Crippen LogP contribution < -0.4 is 0 Å². The molecule has 0 unspecified atom stereocenters. The first-order valence-electron chi connectivity index (χ1n) is 4.74. The lowest BCUT2D eigenvalue weighted by molar-refractivity contribution is 0.469. The van der Waals surface area contributed by atoms with Crippen LogP contribution in [0.25, 0.3) is 10.1 Å². The summed E-state index contributed by atoms with van der Waals surface area (Å²) in [5.41, 5.74) is 0.500. The van der Waals surface area contributed by atoms with Crippen molar-refractivity contribution >= 4 is 21.4 Å². The van der Waals surface area contributed by atoms with Crippen molar-refractivity contribution in [3.63, 3.8) is 0 Å². The molecule has 0 saturated carbocycles. The van der Waals surface area contributed by atoms with E-state index in [0.717, 1.165) is 0 Å². The van der Waals surface area contributed by atoms with Crippen molar-refractivity contribution < 1.29 is 0 Å². The van der Waals surface area contributed by atoms with Crippen LogP contribution >= 0.6 is 11.3 Å². The van der Waals surface area contributed by atoms with Gasteiger partial charge in [0.05, 0.1) is 4.70 Å². The summed E-state index contributed by atoms with van der Waals surface area (Å²) in [5, 5.41) is 3.36. The highest BCUT2D eigenvalue weighted by Crippen LogP contribution is 2.17. The Labute approximate surface area is 89.8 Å². The molecule has 0 aliphatic heterocycles. The molecule has 0 atom stereocenters. The molecule has 0 aliphatic rings. The van der Waals surface area contributed by atoms with E-state index in [9.17, 15) is 0 Å². The van der Waals surface area contributed by atoms with Crippen molar-refractivity contribution in [3.8, 4) is 0 Å². The molecule has 2 heterocycles. The molecule has 0 aromatic carbocycles. The number of rotatable bonds is 0. The smallest absolute Gasteiger partial charge is 0.0526 e. The zero-order chi connectivity index (χ0) is 10.6. The summed E-state index contributed by atoms with van der Waals surface area (Å²) >= 11 is 1.72. The predicted octanol–water partition coefficient (Wildman–Crippen LogP) is 4.35. The second-order valence-corrected chi connectivity index (χ2v) is 5.78. The topological polar surface area (TPSA) is 12.9 Å². The Morgan fingerprint density at radius 1 is 1.14 bits per heavy atom. The van der Waals surface area contributed by atoms with Gasteiger partial charge in [-0.3, -0.25) is 4.98 Å². The molecule has 0 spiro atoms. The van der Waals surface area contributed by atoms with Crippen LogP contribution in [0.5, 0.6) is 0 Å². The Morgan fingerprint density at radius 2 is 1.79 bits per heavy atom. The molecule has 0 amide bonds. The Balaban J connectivity index is 0.000000171. The summed E-state index contributed by atoms with van der Waals surface area (Å²) in [5.74, 6) is 0. The minimum absolute atomic E-state index is 0.500. The van der Waals surface area contributed by atoms with Gasteiger partial charge in [-0.15, -0.1) is 11.3 Å². The maximum atomic E-state index is 4.00. The largest absolute Gasteiger partial charge is 0.263 e. The van der Waals surface area contributed by atoms with E-state index >= 15 is 0 Å². The minimum Gasteiger partial charge on any atom is -0.263 e. The molecule has 2 rings (SSSR count). The molecule has 0 saturated heterocycles. The van der Waals surface area contributed by atoms with Gasteiger partial charge in [-0.25, -0.2) is 0 Å². The van der Waals surface area contributed by atoms with E-state index in [4.69, 9.17) is 0 Å². The predicted molar refractivity (Wildman–Crippen MR) is 64.7 cm³/mol. The molecule has 0 bridgehead atoms. The molecule has 2 heteroatoms. The van der Waals surface area contributed by atoms with Gasteiger partial charge >= 0.3 is 0 Å². The SMILES string of the molecule is CC(C)(C)C.c1cc2ccsc2cn1. The maximum Gasteiger partial charge on any atom is 0.0526 e. The fraction of sp³-hybridized carbons (Fsp3) is 0.417. The van der Waals surface area contributed by atoms with Gasteiger partial charge < -0.3 is 0 Å². The third kappa shape index (κ3) is 4.38. The second-order valence-electron chi connectivity index (χ2n) is 4.83. The quantitative estimate of drug-likeness (QED) is 0.626. The number of fused-ring (bicyclic) bond motifs is 1. The minimum atomic E-state index is 0.500. The molecular weight excluding hydrogens is 190 g/mol. The molecule has 2 aromatic rings. The lowest BCUT2D eigenvalue weighted by Crippen LogP contribution is -1.93. The summed E-state index contributed by atoms with van der Waals surface area (Å²) in [6, 6.07) is 4.12. The van der Waals surface area contributed by atoms with Crippen LogP contribution in [0, 0.1) is 5.41 Å². The summed E-state index contributed by atoms with van der Waals surface area (Å²) in [7, 11) is 0. The average molecular weight is 207 g/mol. The molecular formula is C12H17NS. The number of nitrogens with zero attached hydrogens (tertiary/aromatic N) is 1. The van der Waals surface area contributed by atoms with Crippen molar-refractivity contribution in [3.05, 3.63) is 29.9 Å². The van der Waals surface area contributed by atoms with Gasteiger partial charge in [0.25, 0.3) is 0 Å². The van der Waals surface area contributed by atoms with Gasteiger partial charge in [-0.2, -0.15) is 0 Å². The Kier molecular flexibility index (Phi) is 3.64. The summed E-state index contributed by atoms with van der Waals surface area (Å²) < 4.78 is 1.26. The van der Waals surface area contributed by atoms with Crippen LogP contribution in [0.2, 0.25) is 0 Å². The van der Waals surface area contributed by atoms with E-state index in [1.807, 2.05) is 18.5 Å². The third-order valence-corrected chi connectivity index (χ3v) is 2.13. The molecule has 0 N–H and O–H groups in total. The fourth-order valence-corrected chi connectivity index (χ4v) is 1.56. The monoisotopic (exact) mass is 207 g/mol. The summed E-state index contributed by atoms with van der Waals surface area (Å²) in [4.78, 5) is 4.00. The maximum absolute atomic E-state index is 4.00. The van der Waals surface area contributed by atoms with Gasteiger partial charge in [-0.05, 0) is 28.3 Å². The van der Waals surface area contributed by atoms with Gasteiger partial charge in [0.1, 0.15) is 0 Å². The first-order valence-corrected chi connectivity index (χ1v) is 5.62. The zero-order valence-corrected chi connectivity index (χ0v) is 10.1. The fourth-order valence-electron chi connectivity index (χ4n) is 0.808. The van der Waals surface area contributed by atoms with Crippen molar-refractivity contribution in [2.45, 2.75) is 27.7 Å². The highest BCUT2D eigenvalue weighted by atomic mass is 32.1. The van der Waals surface area contributed by atoms with Gasteiger partial charge in [0, 0.05) is 12.4 Å². The van der Waals surface area contributed by atoms with Crippen molar-refractivity contribution in [1.82, 2.24) is 4.98 Å². The standard InChI is InChI=1S/C7H5NS.C5H12/c1-3-8-5-7-6(1)2-4-9-7;1-5(2,3)4/h1-5H;1-4H3. The number of hydrogen-bond acceptors (Lipinski definition) is 2. The van der Waals surface area contributed by atoms with Crippen molar-refractivity contribution in [1.29, 1.82) is 0 Å². The number of pyridine rings is 1. The van der Waals surface area contributed by atoms with Crippen LogP contribution in [0.1, 0.15) is 27.7 Å². The van der Waals surface area contributed by atoms with E-state index in [1.165, 1.54) is 10.1 Å². The van der Waals surface area contributed by atoms with E-state index in [-0.39, 0.29) is 0 Å². The van der Waals surface area contributed by atoms with Gasteiger partial charge in [-0.1, -0.05) is 27.7 Å². The van der Waals surface area contributed by atoms with Crippen LogP contribution in [0.4, 0.5) is 0 Å². The molecule has 2 aromatic heterocycles. The summed E-state index contributed by atoms with van der Waals surface area (Å²) in [6.07, 6.45) is 3.70. The van der Waals surface area contributed by atoms with Crippen molar-refractivity contribution in [2.24, 2.45) is 5.41 Å². The Bertz CT molecular complexity index is 348. The molecule has 0 fully saturated rings. The Hall–Kier alpha value is -0.890. The molecule has 14 heavy (non-hydrogen) atoms. The lowest BCUT2D eigenvalue weighted by Gasteiger charge is -2.05. The number of thiophene rings is 1. The normalized spacial score (nSPS) is 10.9. The Morgan fingerprint density at radius 3 is 2.36 bits per heavy atom. The van der Waals surface area contributed by atoms with E-state index in [1.54, 1.807) is 11.3 Å². The lowest BCUT2D eigenvalue weighted by atomic mass is 10.0. The molecule has 0 radical (unpaired) electrons. The zero-order valence-electron chi connectivity index (χ0n) is 9.24. The highest BCUT2D eigenvalue weighted by Gasteiger charge is 1.95. The van der Waals surface area contributed by atoms with E-state index < -0.39 is 0 Å². The number of aromatic nitrogens is 1.